The van der Waals surface area contributed by atoms with Gasteiger partial charge >= 0.3 is 0 Å². The van der Waals surface area contributed by atoms with Crippen molar-refractivity contribution in [3.8, 4) is 11.5 Å². The van der Waals surface area contributed by atoms with E-state index in [9.17, 15) is 13.6 Å². The number of benzene rings is 2. The molecule has 0 saturated carbocycles. The highest BCUT2D eigenvalue weighted by molar-refractivity contribution is 5.76. The number of amides is 1. The average molecular weight is 1040 g/mol. The van der Waals surface area contributed by atoms with E-state index in [4.69, 9.17) is 37.9 Å². The first-order chi connectivity index (χ1) is 36.1. The smallest absolute Gasteiger partial charge is 0.220 e. The molecule has 2 aliphatic heterocycles. The van der Waals surface area contributed by atoms with Crippen molar-refractivity contribution < 1.29 is 51.5 Å². The Balaban J connectivity index is 1.31. The Morgan fingerprint density at radius 1 is 0.568 bits per heavy atom. The molecule has 1 N–H and O–H groups in total. The summed E-state index contributed by atoms with van der Waals surface area (Å²) in [4.78, 5) is 13.9. The molecule has 2 fully saturated rings. The quantitative estimate of drug-likeness (QED) is 0.0650. The number of hydrogen-bond acceptors (Lipinski definition) is 9. The molecule has 2 saturated heterocycles. The maximum atomic E-state index is 15.0. The number of halogens is 2. The normalized spacial score (nSPS) is 22.0. The van der Waals surface area contributed by atoms with Crippen molar-refractivity contribution in [2.45, 2.75) is 282 Å². The van der Waals surface area contributed by atoms with E-state index in [1.54, 1.807) is 12.1 Å². The van der Waals surface area contributed by atoms with Crippen LogP contribution in [0.15, 0.2) is 48.5 Å². The molecule has 8 atom stereocenters. The molecule has 2 aromatic rings. The lowest BCUT2D eigenvalue weighted by Crippen LogP contribution is -2.62. The van der Waals surface area contributed by atoms with Gasteiger partial charge in [0.15, 0.2) is 12.1 Å². The summed E-state index contributed by atoms with van der Waals surface area (Å²) in [6.07, 6.45) is 27.2. The third-order valence-electron chi connectivity index (χ3n) is 14.5. The molecule has 424 valence electrons. The molecule has 0 spiro atoms. The van der Waals surface area contributed by atoms with Gasteiger partial charge in [-0.3, -0.25) is 4.79 Å². The van der Waals surface area contributed by atoms with Crippen molar-refractivity contribution in [2.75, 3.05) is 33.1 Å². The minimum atomic E-state index is -0.948. The van der Waals surface area contributed by atoms with Gasteiger partial charge in [-0.2, -0.15) is 0 Å². The number of nitrogens with one attached hydrogen (secondary N) is 1. The van der Waals surface area contributed by atoms with Gasteiger partial charge in [0.05, 0.1) is 18.8 Å². The lowest BCUT2D eigenvalue weighted by Gasteiger charge is -2.45. The molecule has 74 heavy (non-hydrogen) atoms. The highest BCUT2D eigenvalue weighted by Gasteiger charge is 2.50. The third-order valence-corrected chi connectivity index (χ3v) is 14.5. The lowest BCUT2D eigenvalue weighted by molar-refractivity contribution is -0.321. The van der Waals surface area contributed by atoms with Crippen molar-refractivity contribution in [1.82, 2.24) is 5.32 Å². The fraction of sp³-hybridized carbons (Fsp3) is 0.790. The summed E-state index contributed by atoms with van der Waals surface area (Å²) >= 11 is 0. The number of alkyl halides is 1. The van der Waals surface area contributed by atoms with Crippen LogP contribution in [0.25, 0.3) is 0 Å². The summed E-state index contributed by atoms with van der Waals surface area (Å²) in [5.41, 5.74) is 1.28. The van der Waals surface area contributed by atoms with Crippen LogP contribution in [0.5, 0.6) is 11.5 Å². The largest absolute Gasteiger partial charge is 0.457 e. The number of hydrogen-bond donors (Lipinski definition) is 1. The van der Waals surface area contributed by atoms with E-state index in [-0.39, 0.29) is 24.4 Å². The molecule has 0 radical (unpaired) electrons. The topological polar surface area (TPSA) is 103 Å². The lowest BCUT2D eigenvalue weighted by atomic mass is 9.97. The van der Waals surface area contributed by atoms with E-state index in [2.05, 4.69) is 45.1 Å². The average Bonchev–Trinajstić information content (AvgIpc) is 3.71. The zero-order valence-electron chi connectivity index (χ0n) is 47.2. The minimum Gasteiger partial charge on any atom is -0.457 e. The molecule has 4 rings (SSSR count). The Morgan fingerprint density at radius 3 is 1.61 bits per heavy atom. The molecule has 1 amide bonds. The van der Waals surface area contributed by atoms with E-state index in [1.807, 2.05) is 26.0 Å². The van der Waals surface area contributed by atoms with Gasteiger partial charge in [-0.05, 0) is 101 Å². The second-order valence-corrected chi connectivity index (χ2v) is 21.6. The second kappa shape index (κ2) is 38.8. The van der Waals surface area contributed by atoms with Crippen LogP contribution < -0.4 is 10.1 Å². The molecule has 0 bridgehead atoms. The summed E-state index contributed by atoms with van der Waals surface area (Å²) in [6, 6.07) is 13.7. The van der Waals surface area contributed by atoms with E-state index in [1.165, 1.54) is 101 Å². The Kier molecular flexibility index (Phi) is 33.4. The Bertz CT molecular complexity index is 1680. The molecule has 0 aliphatic carbocycles. The van der Waals surface area contributed by atoms with Crippen LogP contribution >= 0.6 is 0 Å². The highest BCUT2D eigenvalue weighted by Crippen LogP contribution is 2.35. The number of unbranched alkanes of at least 4 members (excludes halogenated alkanes) is 21. The summed E-state index contributed by atoms with van der Waals surface area (Å²) < 4.78 is 79.9. The third kappa shape index (κ3) is 25.6. The van der Waals surface area contributed by atoms with E-state index in [0.717, 1.165) is 102 Å². The van der Waals surface area contributed by atoms with Crippen LogP contribution in [0.2, 0.25) is 0 Å². The molecule has 2 aromatic carbocycles. The molecular formula is C62H103F2NO9. The van der Waals surface area contributed by atoms with Crippen LogP contribution in [-0.4, -0.2) is 93.8 Å². The molecular weight excluding hydrogens is 941 g/mol. The fourth-order valence-electron chi connectivity index (χ4n) is 10.1. The summed E-state index contributed by atoms with van der Waals surface area (Å²) in [7, 11) is 0. The van der Waals surface area contributed by atoms with E-state index < -0.39 is 55.3 Å². The van der Waals surface area contributed by atoms with E-state index >= 15 is 0 Å². The number of ether oxygens (including phenoxy) is 8. The standard InChI is InChI=1S/C62H103F2NO9/c1-7-11-15-16-17-18-19-20-21-25-28-31-34-54-57(74-62(5,6)73-54)53(48-70-61-60(69-46-14-10-4)59(68-45-13-9-3)58(55(47-63)72-61)67-44-12-8-2)65-56(66)35-32-29-26-23-22-24-27-30-33-49-36-40-51(41-37-49)71-52-42-38-50(64)39-43-52/h36-43,53-55,57-61H,7-35,44-48H2,1-6H3,(H,65,66)/t53-,54+,55?,57-,58+,59-,60?,61-/m0/s1. The fourth-order valence-corrected chi connectivity index (χ4v) is 10.1. The first-order valence-corrected chi connectivity index (χ1v) is 30.0. The molecule has 2 unspecified atom stereocenters. The van der Waals surface area contributed by atoms with Gasteiger partial charge in [0.1, 0.15) is 54.5 Å². The summed E-state index contributed by atoms with van der Waals surface area (Å²) in [5.74, 6) is 0.202. The van der Waals surface area contributed by atoms with Gasteiger partial charge in [0.25, 0.3) is 0 Å². The Morgan fingerprint density at radius 2 is 1.05 bits per heavy atom. The Hall–Kier alpha value is -2.71. The van der Waals surface area contributed by atoms with Gasteiger partial charge < -0.3 is 43.2 Å². The molecule has 0 aromatic heterocycles. The summed E-state index contributed by atoms with van der Waals surface area (Å²) in [5, 5.41) is 3.34. The molecule has 10 nitrogen and oxygen atoms in total. The Labute approximate surface area is 448 Å². The molecule has 2 aliphatic rings. The maximum Gasteiger partial charge on any atom is 0.220 e. The second-order valence-electron chi connectivity index (χ2n) is 21.6. The number of carbonyl (C=O) groups is 1. The van der Waals surface area contributed by atoms with Crippen LogP contribution in [-0.2, 0) is 44.4 Å². The van der Waals surface area contributed by atoms with Crippen molar-refractivity contribution in [1.29, 1.82) is 0 Å². The maximum absolute atomic E-state index is 15.0. The van der Waals surface area contributed by atoms with Crippen molar-refractivity contribution in [2.24, 2.45) is 0 Å². The first-order valence-electron chi connectivity index (χ1n) is 30.0. The first kappa shape index (κ1) is 63.8. The van der Waals surface area contributed by atoms with Gasteiger partial charge in [0, 0.05) is 26.2 Å². The van der Waals surface area contributed by atoms with Crippen LogP contribution in [0.3, 0.4) is 0 Å². The summed E-state index contributed by atoms with van der Waals surface area (Å²) in [6.45, 7) is 13.3. The van der Waals surface area contributed by atoms with Crippen molar-refractivity contribution >= 4 is 5.91 Å². The number of rotatable bonds is 44. The van der Waals surface area contributed by atoms with Crippen LogP contribution in [0.4, 0.5) is 8.78 Å². The van der Waals surface area contributed by atoms with Gasteiger partial charge in [0.2, 0.25) is 5.91 Å². The zero-order chi connectivity index (χ0) is 53.1. The van der Waals surface area contributed by atoms with Crippen molar-refractivity contribution in [3.05, 3.63) is 59.9 Å². The highest BCUT2D eigenvalue weighted by atomic mass is 19.1. The predicted molar refractivity (Wildman–Crippen MR) is 294 cm³/mol. The molecule has 12 heteroatoms. The van der Waals surface area contributed by atoms with E-state index in [0.29, 0.717) is 32.0 Å². The zero-order valence-corrected chi connectivity index (χ0v) is 47.2. The van der Waals surface area contributed by atoms with Gasteiger partial charge in [-0.1, -0.05) is 175 Å². The van der Waals surface area contributed by atoms with Crippen molar-refractivity contribution in [3.63, 3.8) is 0 Å². The van der Waals surface area contributed by atoms with Crippen LogP contribution in [0, 0.1) is 5.82 Å². The number of carbonyl (C=O) groups excluding carboxylic acids is 1. The monoisotopic (exact) mass is 1040 g/mol. The number of aryl methyl sites for hydroxylation is 1. The van der Waals surface area contributed by atoms with Gasteiger partial charge in [-0.25, -0.2) is 8.78 Å². The SMILES string of the molecule is CCCCCCCCCCCCCC[C@H]1OC(C)(C)O[C@H]1[C@H](CO[C@H]1OC(CF)[C@@H](OCCCC)[C@H](OCCCC)C1OCCCC)NC(=O)CCCCCCCCCCc1ccc(Oc2ccc(F)cc2)cc1. The van der Waals surface area contributed by atoms with Gasteiger partial charge in [-0.15, -0.1) is 0 Å². The predicted octanol–water partition coefficient (Wildman–Crippen LogP) is 16.0. The molecule has 2 heterocycles. The minimum absolute atomic E-state index is 0.0434. The van der Waals surface area contributed by atoms with Crippen LogP contribution in [0.1, 0.15) is 227 Å².